The molecule has 1 saturated carbocycles. The van der Waals surface area contributed by atoms with Crippen molar-refractivity contribution in [1.29, 1.82) is 0 Å². The Labute approximate surface area is 163 Å². The third-order valence-corrected chi connectivity index (χ3v) is 5.54. The van der Waals surface area contributed by atoms with E-state index in [4.69, 9.17) is 0 Å². The fourth-order valence-corrected chi connectivity index (χ4v) is 3.96. The van der Waals surface area contributed by atoms with Gasteiger partial charge in [0.1, 0.15) is 11.6 Å². The summed E-state index contributed by atoms with van der Waals surface area (Å²) < 4.78 is 13.4. The van der Waals surface area contributed by atoms with Crippen molar-refractivity contribution < 1.29 is 9.18 Å². The van der Waals surface area contributed by atoms with Crippen molar-refractivity contribution in [3.8, 4) is 0 Å². The van der Waals surface area contributed by atoms with Crippen molar-refractivity contribution in [3.63, 3.8) is 0 Å². The second-order valence-corrected chi connectivity index (χ2v) is 7.42. The van der Waals surface area contributed by atoms with Crippen LogP contribution in [0.4, 0.5) is 15.9 Å². The lowest BCUT2D eigenvalue weighted by molar-refractivity contribution is 0.0989. The molecule has 28 heavy (non-hydrogen) atoms. The van der Waals surface area contributed by atoms with E-state index < -0.39 is 0 Å². The van der Waals surface area contributed by atoms with Crippen LogP contribution in [0.1, 0.15) is 33.8 Å². The fourth-order valence-electron chi connectivity index (χ4n) is 3.96. The highest BCUT2D eigenvalue weighted by Crippen LogP contribution is 2.42. The lowest BCUT2D eigenvalue weighted by Crippen LogP contribution is -2.29. The van der Waals surface area contributed by atoms with Crippen LogP contribution in [0, 0.1) is 5.82 Å². The van der Waals surface area contributed by atoms with Gasteiger partial charge in [-0.15, -0.1) is 0 Å². The van der Waals surface area contributed by atoms with E-state index in [0.717, 1.165) is 29.9 Å². The number of halogens is 1. The average molecular weight is 373 g/mol. The molecule has 1 aliphatic heterocycles. The van der Waals surface area contributed by atoms with Gasteiger partial charge in [0.25, 0.3) is 5.91 Å². The molecule has 2 aliphatic rings. The molecular formula is C23H20FN3O. The van der Waals surface area contributed by atoms with Crippen molar-refractivity contribution in [2.75, 3.05) is 16.8 Å². The molecule has 0 bridgehead atoms. The predicted octanol–water partition coefficient (Wildman–Crippen LogP) is 4.39. The number of rotatable bonds is 4. The number of anilines is 2. The number of carbonyl (C=O) groups is 1. The van der Waals surface area contributed by atoms with Crippen molar-refractivity contribution in [2.45, 2.75) is 24.8 Å². The monoisotopic (exact) mass is 373 g/mol. The summed E-state index contributed by atoms with van der Waals surface area (Å²) in [5, 5.41) is 3.38. The first-order valence-electron chi connectivity index (χ1n) is 9.57. The molecule has 3 aromatic rings. The normalized spacial score (nSPS) is 20.0. The molecule has 1 fully saturated rings. The van der Waals surface area contributed by atoms with E-state index >= 15 is 0 Å². The van der Waals surface area contributed by atoms with Crippen LogP contribution in [0.2, 0.25) is 0 Å². The second-order valence-electron chi connectivity index (χ2n) is 7.42. The molecule has 140 valence electrons. The highest BCUT2D eigenvalue weighted by atomic mass is 19.1. The average Bonchev–Trinajstić information content (AvgIpc) is 3.35. The molecule has 4 nitrogen and oxygen atoms in total. The van der Waals surface area contributed by atoms with Crippen LogP contribution >= 0.6 is 0 Å². The maximum atomic E-state index is 13.4. The number of nitrogens with one attached hydrogen (secondary N) is 1. The SMILES string of the molecule is O=C(c1ccc(N[C@@H]2C[C@H]2c2cccc(F)c2)nc1)N1CCc2ccccc21. The van der Waals surface area contributed by atoms with Gasteiger partial charge < -0.3 is 10.2 Å². The molecule has 0 spiro atoms. The van der Waals surface area contributed by atoms with Crippen LogP contribution in [0.25, 0.3) is 0 Å². The topological polar surface area (TPSA) is 45.2 Å². The van der Waals surface area contributed by atoms with Gasteiger partial charge in [0.05, 0.1) is 5.56 Å². The molecular weight excluding hydrogens is 353 g/mol. The maximum Gasteiger partial charge on any atom is 0.259 e. The summed E-state index contributed by atoms with van der Waals surface area (Å²) in [6, 6.07) is 18.7. The van der Waals surface area contributed by atoms with Gasteiger partial charge in [-0.3, -0.25) is 4.79 Å². The predicted molar refractivity (Wildman–Crippen MR) is 107 cm³/mol. The van der Waals surface area contributed by atoms with E-state index in [-0.39, 0.29) is 17.8 Å². The van der Waals surface area contributed by atoms with Crippen LogP contribution in [0.15, 0.2) is 66.9 Å². The van der Waals surface area contributed by atoms with Crippen molar-refractivity contribution >= 4 is 17.4 Å². The largest absolute Gasteiger partial charge is 0.367 e. The summed E-state index contributed by atoms with van der Waals surface area (Å²) in [4.78, 5) is 19.1. The third-order valence-electron chi connectivity index (χ3n) is 5.54. The molecule has 2 atom stereocenters. The summed E-state index contributed by atoms with van der Waals surface area (Å²) in [6.07, 6.45) is 3.47. The third kappa shape index (κ3) is 3.13. The Bertz CT molecular complexity index is 1030. The van der Waals surface area contributed by atoms with Crippen molar-refractivity contribution in [3.05, 3.63) is 89.4 Å². The van der Waals surface area contributed by atoms with Gasteiger partial charge in [-0.05, 0) is 54.3 Å². The molecule has 5 rings (SSSR count). The Morgan fingerprint density at radius 3 is 2.82 bits per heavy atom. The molecule has 0 unspecified atom stereocenters. The molecule has 2 heterocycles. The number of benzene rings is 2. The fraction of sp³-hybridized carbons (Fsp3) is 0.217. The first kappa shape index (κ1) is 16.9. The van der Waals surface area contributed by atoms with Crippen LogP contribution in [0.5, 0.6) is 0 Å². The number of carbonyl (C=O) groups excluding carboxylic acids is 1. The number of hydrogen-bond donors (Lipinski definition) is 1. The van der Waals surface area contributed by atoms with Crippen LogP contribution < -0.4 is 10.2 Å². The van der Waals surface area contributed by atoms with Crippen LogP contribution in [0.3, 0.4) is 0 Å². The van der Waals surface area contributed by atoms with E-state index in [9.17, 15) is 9.18 Å². The zero-order chi connectivity index (χ0) is 19.1. The molecule has 1 N–H and O–H groups in total. The van der Waals surface area contributed by atoms with Crippen LogP contribution in [-0.2, 0) is 6.42 Å². The quantitative estimate of drug-likeness (QED) is 0.738. The Kier molecular flexibility index (Phi) is 4.08. The molecule has 5 heteroatoms. The number of amides is 1. The summed E-state index contributed by atoms with van der Waals surface area (Å²) in [6.45, 7) is 0.704. The van der Waals surface area contributed by atoms with Gasteiger partial charge in [0, 0.05) is 30.4 Å². The van der Waals surface area contributed by atoms with E-state index in [0.29, 0.717) is 18.0 Å². The van der Waals surface area contributed by atoms with Crippen LogP contribution in [-0.4, -0.2) is 23.5 Å². The zero-order valence-corrected chi connectivity index (χ0v) is 15.3. The molecule has 1 aliphatic carbocycles. The smallest absolute Gasteiger partial charge is 0.259 e. The minimum absolute atomic E-state index is 0.0203. The summed E-state index contributed by atoms with van der Waals surface area (Å²) in [5.74, 6) is 0.822. The van der Waals surface area contributed by atoms with Gasteiger partial charge in [0.2, 0.25) is 0 Å². The lowest BCUT2D eigenvalue weighted by Gasteiger charge is -2.17. The van der Waals surface area contributed by atoms with E-state index in [1.165, 1.54) is 11.6 Å². The number of hydrogen-bond acceptors (Lipinski definition) is 3. The molecule has 1 aromatic heterocycles. The minimum atomic E-state index is -0.201. The van der Waals surface area contributed by atoms with E-state index in [1.807, 2.05) is 41.3 Å². The van der Waals surface area contributed by atoms with Gasteiger partial charge in [-0.25, -0.2) is 9.37 Å². The van der Waals surface area contributed by atoms with Gasteiger partial charge in [-0.1, -0.05) is 30.3 Å². The Morgan fingerprint density at radius 1 is 1.11 bits per heavy atom. The van der Waals surface area contributed by atoms with E-state index in [1.54, 1.807) is 18.3 Å². The first-order valence-corrected chi connectivity index (χ1v) is 9.57. The van der Waals surface area contributed by atoms with Crippen molar-refractivity contribution in [2.24, 2.45) is 0 Å². The standard InChI is InChI=1S/C23H20FN3O/c24-18-6-3-5-16(12-18)19-13-20(19)26-22-9-8-17(14-25-22)23(28)27-11-10-15-4-1-2-7-21(15)27/h1-9,12,14,19-20H,10-11,13H2,(H,25,26)/t19-,20+/m0/s1. The number of pyridine rings is 1. The zero-order valence-electron chi connectivity index (χ0n) is 15.3. The second kappa shape index (κ2) is 6.75. The highest BCUT2D eigenvalue weighted by Gasteiger charge is 2.38. The number of aromatic nitrogens is 1. The maximum absolute atomic E-state index is 13.4. The first-order chi connectivity index (χ1) is 13.7. The summed E-state index contributed by atoms with van der Waals surface area (Å²) in [7, 11) is 0. The van der Waals surface area contributed by atoms with Crippen molar-refractivity contribution in [1.82, 2.24) is 4.98 Å². The number of fused-ring (bicyclic) bond motifs is 1. The van der Waals surface area contributed by atoms with Gasteiger partial charge in [-0.2, -0.15) is 0 Å². The minimum Gasteiger partial charge on any atom is -0.367 e. The molecule has 1 amide bonds. The highest BCUT2D eigenvalue weighted by molar-refractivity contribution is 6.07. The molecule has 2 aromatic carbocycles. The number of para-hydroxylation sites is 1. The van der Waals surface area contributed by atoms with E-state index in [2.05, 4.69) is 16.4 Å². The molecule has 0 radical (unpaired) electrons. The molecule has 0 saturated heterocycles. The van der Waals surface area contributed by atoms with Gasteiger partial charge in [0.15, 0.2) is 0 Å². The van der Waals surface area contributed by atoms with Gasteiger partial charge >= 0.3 is 0 Å². The lowest BCUT2D eigenvalue weighted by atomic mass is 10.1. The summed E-state index contributed by atoms with van der Waals surface area (Å²) >= 11 is 0. The summed E-state index contributed by atoms with van der Waals surface area (Å²) in [5.41, 5.74) is 3.79. The Hall–Kier alpha value is -3.21. The Balaban J connectivity index is 1.25. The Morgan fingerprint density at radius 2 is 2.00 bits per heavy atom. The number of nitrogens with zero attached hydrogens (tertiary/aromatic N) is 2.